The molecular weight excluding hydrogens is 444 g/mol. The van der Waals surface area contributed by atoms with Crippen LogP contribution in [0, 0.1) is 12.8 Å². The molecule has 1 heterocycles. The molecule has 1 aliphatic carbocycles. The van der Waals surface area contributed by atoms with Gasteiger partial charge in [-0.2, -0.15) is 5.10 Å². The van der Waals surface area contributed by atoms with Crippen molar-refractivity contribution < 1.29 is 23.1 Å². The molecule has 0 radical (unpaired) electrons. The van der Waals surface area contributed by atoms with Crippen LogP contribution in [0.4, 0.5) is 10.6 Å². The van der Waals surface area contributed by atoms with Crippen LogP contribution in [-0.2, 0) is 21.1 Å². The van der Waals surface area contributed by atoms with E-state index in [-0.39, 0.29) is 29.2 Å². The number of aromatic amines is 1. The van der Waals surface area contributed by atoms with Crippen LogP contribution in [0.5, 0.6) is 0 Å². The van der Waals surface area contributed by atoms with Gasteiger partial charge in [0.05, 0.1) is 11.3 Å². The topological polar surface area (TPSA) is 141 Å². The average Bonchev–Trinajstić information content (AvgIpc) is 3.35. The molecule has 9 nitrogen and oxygen atoms in total. The molecule has 180 valence electrons. The fraction of sp³-hybridized carbons (Fsp3) is 0.522. The Morgan fingerprint density at radius 2 is 2.06 bits per heavy atom. The minimum Gasteiger partial charge on any atom is -0.465 e. The number of hydrogen-bond acceptors (Lipinski definition) is 5. The zero-order chi connectivity index (χ0) is 24.2. The van der Waals surface area contributed by atoms with Gasteiger partial charge in [0, 0.05) is 30.0 Å². The Balaban J connectivity index is 1.59. The Morgan fingerprint density at radius 1 is 1.30 bits per heavy atom. The zero-order valence-corrected chi connectivity index (χ0v) is 20.0. The van der Waals surface area contributed by atoms with Crippen molar-refractivity contribution in [2.75, 3.05) is 11.6 Å². The monoisotopic (exact) mass is 476 g/mol. The van der Waals surface area contributed by atoms with E-state index in [9.17, 15) is 18.0 Å². The summed E-state index contributed by atoms with van der Waals surface area (Å²) in [6, 6.07) is 6.89. The van der Waals surface area contributed by atoms with E-state index in [1.54, 1.807) is 25.1 Å². The van der Waals surface area contributed by atoms with Crippen LogP contribution in [0.25, 0.3) is 0 Å². The second kappa shape index (κ2) is 10.4. The number of anilines is 1. The fourth-order valence-corrected chi connectivity index (χ4v) is 6.10. The lowest BCUT2D eigenvalue weighted by Crippen LogP contribution is -2.34. The van der Waals surface area contributed by atoms with Gasteiger partial charge in [-0.05, 0) is 56.1 Å². The molecule has 33 heavy (non-hydrogen) atoms. The third-order valence-electron chi connectivity index (χ3n) is 6.30. The second-order valence-electron chi connectivity index (χ2n) is 8.94. The van der Waals surface area contributed by atoms with E-state index in [2.05, 4.69) is 20.8 Å². The van der Waals surface area contributed by atoms with Crippen molar-refractivity contribution in [1.82, 2.24) is 15.5 Å². The maximum Gasteiger partial charge on any atom is 0.404 e. The first-order valence-corrected chi connectivity index (χ1v) is 13.1. The number of hydrogen-bond donors (Lipinski definition) is 4. The van der Waals surface area contributed by atoms with Gasteiger partial charge in [0.15, 0.2) is 15.7 Å². The van der Waals surface area contributed by atoms with Crippen LogP contribution in [0.2, 0.25) is 0 Å². The molecule has 10 heteroatoms. The van der Waals surface area contributed by atoms with Gasteiger partial charge >= 0.3 is 6.09 Å². The Hall–Kier alpha value is -2.88. The minimum atomic E-state index is -3.45. The number of nitrogens with zero attached hydrogens (tertiary/aromatic N) is 1. The molecule has 3 rings (SSSR count). The number of sulfone groups is 1. The largest absolute Gasteiger partial charge is 0.465 e. The molecule has 1 aromatic heterocycles. The Morgan fingerprint density at radius 3 is 2.73 bits per heavy atom. The molecule has 3 unspecified atom stereocenters. The molecule has 1 aliphatic rings. The van der Waals surface area contributed by atoms with E-state index in [0.29, 0.717) is 22.9 Å². The summed E-state index contributed by atoms with van der Waals surface area (Å²) in [5, 5.41) is 21.5. The van der Waals surface area contributed by atoms with E-state index in [1.165, 1.54) is 0 Å². The molecule has 1 saturated carbocycles. The fourth-order valence-electron chi connectivity index (χ4n) is 4.83. The summed E-state index contributed by atoms with van der Waals surface area (Å²) in [5.41, 5.74) is 2.02. The molecule has 2 amide bonds. The summed E-state index contributed by atoms with van der Waals surface area (Å²) in [6.07, 6.45) is 4.61. The first kappa shape index (κ1) is 24.8. The summed E-state index contributed by atoms with van der Waals surface area (Å²) < 4.78 is 24.3. The van der Waals surface area contributed by atoms with Gasteiger partial charge in [0.25, 0.3) is 0 Å². The number of aryl methyl sites for hydroxylation is 1. The number of amides is 2. The third-order valence-corrected chi connectivity index (χ3v) is 7.63. The van der Waals surface area contributed by atoms with Gasteiger partial charge in [-0.1, -0.05) is 25.1 Å². The Kier molecular flexibility index (Phi) is 7.78. The molecule has 0 aliphatic heterocycles. The molecule has 1 aromatic carbocycles. The standard InChI is InChI=1S/C23H32N4O5S/c1-4-18(24-23(29)30)11-15-8-9-16(10-15)19-13-20(27-26-19)25-21(28)12-17-7-5-6-14(2)22(17)33(3,31)32/h5-7,13,15-16,18,24H,4,8-12H2,1-3H3,(H,29,30)(H2,25,26,27,28). The van der Waals surface area contributed by atoms with Crippen molar-refractivity contribution in [2.45, 2.75) is 69.2 Å². The SMILES string of the molecule is CCC(CC1CCC(c2cc(NC(=O)Cc3cccc(C)c3S(C)(=O)=O)n[nH]2)C1)NC(=O)O. The highest BCUT2D eigenvalue weighted by Gasteiger charge is 2.29. The normalized spacial score (nSPS) is 19.2. The summed E-state index contributed by atoms with van der Waals surface area (Å²) in [7, 11) is -3.45. The summed E-state index contributed by atoms with van der Waals surface area (Å²) >= 11 is 0. The number of rotatable bonds is 9. The van der Waals surface area contributed by atoms with Gasteiger partial charge in [-0.25, -0.2) is 13.2 Å². The van der Waals surface area contributed by atoms with Crippen molar-refractivity contribution in [2.24, 2.45) is 5.92 Å². The van der Waals surface area contributed by atoms with Crippen LogP contribution >= 0.6 is 0 Å². The number of carboxylic acid groups (broad SMARTS) is 1. The lowest BCUT2D eigenvalue weighted by atomic mass is 9.95. The number of benzene rings is 1. The van der Waals surface area contributed by atoms with Crippen molar-refractivity contribution in [3.63, 3.8) is 0 Å². The zero-order valence-electron chi connectivity index (χ0n) is 19.2. The maximum atomic E-state index is 12.6. The van der Waals surface area contributed by atoms with E-state index in [4.69, 9.17) is 5.11 Å². The van der Waals surface area contributed by atoms with Crippen LogP contribution in [0.1, 0.15) is 61.8 Å². The molecular formula is C23H32N4O5S. The Labute approximate surface area is 194 Å². The van der Waals surface area contributed by atoms with Crippen molar-refractivity contribution in [3.8, 4) is 0 Å². The first-order chi connectivity index (χ1) is 15.6. The predicted molar refractivity (Wildman–Crippen MR) is 125 cm³/mol. The highest BCUT2D eigenvalue weighted by atomic mass is 32.2. The van der Waals surface area contributed by atoms with Crippen LogP contribution in [-0.4, -0.2) is 48.0 Å². The van der Waals surface area contributed by atoms with Gasteiger partial charge in [-0.15, -0.1) is 0 Å². The second-order valence-corrected chi connectivity index (χ2v) is 10.9. The van der Waals surface area contributed by atoms with Gasteiger partial charge < -0.3 is 15.7 Å². The third kappa shape index (κ3) is 6.56. The highest BCUT2D eigenvalue weighted by Crippen LogP contribution is 2.40. The van der Waals surface area contributed by atoms with Crippen LogP contribution in [0.15, 0.2) is 29.2 Å². The molecule has 2 aromatic rings. The van der Waals surface area contributed by atoms with E-state index < -0.39 is 15.9 Å². The van der Waals surface area contributed by atoms with Crippen LogP contribution in [0.3, 0.4) is 0 Å². The molecule has 3 atom stereocenters. The lowest BCUT2D eigenvalue weighted by molar-refractivity contribution is -0.115. The van der Waals surface area contributed by atoms with E-state index in [0.717, 1.165) is 44.1 Å². The van der Waals surface area contributed by atoms with Crippen molar-refractivity contribution in [3.05, 3.63) is 41.1 Å². The van der Waals surface area contributed by atoms with E-state index in [1.807, 2.05) is 13.0 Å². The number of carbonyl (C=O) groups excluding carboxylic acids is 1. The summed E-state index contributed by atoms with van der Waals surface area (Å²) in [5.74, 6) is 0.789. The quantitative estimate of drug-likeness (QED) is 0.435. The van der Waals surface area contributed by atoms with Gasteiger partial charge in [0.2, 0.25) is 5.91 Å². The predicted octanol–water partition coefficient (Wildman–Crippen LogP) is 3.62. The summed E-state index contributed by atoms with van der Waals surface area (Å²) in [4.78, 5) is 23.7. The number of aromatic nitrogens is 2. The smallest absolute Gasteiger partial charge is 0.404 e. The Bertz CT molecular complexity index is 1110. The molecule has 0 spiro atoms. The average molecular weight is 477 g/mol. The summed E-state index contributed by atoms with van der Waals surface area (Å²) in [6.45, 7) is 3.69. The minimum absolute atomic E-state index is 0.0404. The molecule has 4 N–H and O–H groups in total. The number of carbonyl (C=O) groups is 2. The number of H-pyrrole nitrogens is 1. The molecule has 1 fully saturated rings. The highest BCUT2D eigenvalue weighted by molar-refractivity contribution is 7.90. The first-order valence-electron chi connectivity index (χ1n) is 11.2. The molecule has 0 saturated heterocycles. The van der Waals surface area contributed by atoms with Crippen molar-refractivity contribution in [1.29, 1.82) is 0 Å². The van der Waals surface area contributed by atoms with Gasteiger partial charge in [-0.3, -0.25) is 9.89 Å². The lowest BCUT2D eigenvalue weighted by Gasteiger charge is -2.19. The molecule has 0 bridgehead atoms. The number of nitrogens with one attached hydrogen (secondary N) is 3. The maximum absolute atomic E-state index is 12.6. The van der Waals surface area contributed by atoms with Crippen LogP contribution < -0.4 is 10.6 Å². The van der Waals surface area contributed by atoms with Gasteiger partial charge in [0.1, 0.15) is 0 Å². The van der Waals surface area contributed by atoms with E-state index >= 15 is 0 Å². The van der Waals surface area contributed by atoms with Crippen molar-refractivity contribution >= 4 is 27.7 Å².